The van der Waals surface area contributed by atoms with Crippen LogP contribution in [-0.4, -0.2) is 63.7 Å². The Balaban J connectivity index is 1.46. The first-order valence-corrected chi connectivity index (χ1v) is 12.7. The third-order valence-electron chi connectivity index (χ3n) is 6.61. The molecule has 0 bridgehead atoms. The number of carbonyl (C=O) groups is 1. The van der Waals surface area contributed by atoms with Crippen LogP contribution in [0.4, 0.5) is 15.8 Å². The highest BCUT2D eigenvalue weighted by atomic mass is 32.2. The van der Waals surface area contributed by atoms with Crippen LogP contribution in [-0.2, 0) is 9.84 Å². The van der Waals surface area contributed by atoms with Gasteiger partial charge in [0, 0.05) is 49.7 Å². The number of nitrogens with zero attached hydrogens (tertiary/aromatic N) is 3. The number of hydrogen-bond acceptors (Lipinski definition) is 6. The molecule has 2 saturated heterocycles. The fourth-order valence-corrected chi connectivity index (χ4v) is 5.97. The molecular formula is C24H25FN4O3S. The van der Waals surface area contributed by atoms with E-state index in [0.717, 1.165) is 38.1 Å². The summed E-state index contributed by atoms with van der Waals surface area (Å²) in [5, 5.41) is 3.18. The number of hydrogen-bond donors (Lipinski definition) is 1. The summed E-state index contributed by atoms with van der Waals surface area (Å²) in [6.45, 7) is 3.83. The van der Waals surface area contributed by atoms with Crippen LogP contribution in [0.3, 0.4) is 0 Å². The van der Waals surface area contributed by atoms with Crippen LogP contribution in [0, 0.1) is 17.7 Å². The summed E-state index contributed by atoms with van der Waals surface area (Å²) in [5.74, 6) is 0.0741. The number of aromatic nitrogens is 1. The minimum absolute atomic E-state index is 0.0174. The first kappa shape index (κ1) is 21.8. The molecule has 3 aromatic rings. The third kappa shape index (κ3) is 4.06. The molecule has 33 heavy (non-hydrogen) atoms. The van der Waals surface area contributed by atoms with Crippen molar-refractivity contribution in [1.29, 1.82) is 0 Å². The second-order valence-electron chi connectivity index (χ2n) is 9.05. The van der Waals surface area contributed by atoms with E-state index in [1.807, 2.05) is 0 Å². The molecule has 2 aliphatic rings. The molecule has 9 heteroatoms. The number of amides is 1. The number of halogens is 1. The van der Waals surface area contributed by atoms with Crippen molar-refractivity contribution >= 4 is 38.0 Å². The quantitative estimate of drug-likeness (QED) is 0.634. The summed E-state index contributed by atoms with van der Waals surface area (Å²) in [6, 6.07) is 10.9. The highest BCUT2D eigenvalue weighted by molar-refractivity contribution is 7.90. The summed E-state index contributed by atoms with van der Waals surface area (Å²) in [5.41, 5.74) is 1.37. The molecule has 1 amide bonds. The summed E-state index contributed by atoms with van der Waals surface area (Å²) in [7, 11) is -1.54. The first-order chi connectivity index (χ1) is 15.7. The molecule has 5 rings (SSSR count). The Hall–Kier alpha value is -3.04. The van der Waals surface area contributed by atoms with Crippen LogP contribution in [0.15, 0.2) is 53.6 Å². The van der Waals surface area contributed by atoms with Gasteiger partial charge in [0.05, 0.1) is 16.1 Å². The molecule has 3 heterocycles. The number of sulfone groups is 1. The summed E-state index contributed by atoms with van der Waals surface area (Å²) in [4.78, 5) is 21.7. The Morgan fingerprint density at radius 3 is 2.52 bits per heavy atom. The maximum absolute atomic E-state index is 14.1. The highest BCUT2D eigenvalue weighted by Gasteiger charge is 2.39. The van der Waals surface area contributed by atoms with Crippen molar-refractivity contribution in [2.45, 2.75) is 4.90 Å². The number of likely N-dealkylation sites (tertiary alicyclic amines) is 1. The standard InChI is InChI=1S/C24H25FN4O3S/c1-28-11-15-13-29(14-16(15)12-28)17-5-6-19(22(10-17)33(2,31)32)24(30)27-21-8-7-20(25)23-18(21)4-3-9-26-23/h3-10,15-16H,11-14H2,1-2H3,(H,27,30). The fraction of sp³-hybridized carbons (Fsp3) is 0.333. The molecule has 2 aromatic carbocycles. The molecule has 0 saturated carbocycles. The lowest BCUT2D eigenvalue weighted by molar-refractivity contribution is 0.102. The molecule has 1 aromatic heterocycles. The number of anilines is 2. The van der Waals surface area contributed by atoms with Crippen molar-refractivity contribution in [2.24, 2.45) is 11.8 Å². The molecule has 0 aliphatic carbocycles. The van der Waals surface area contributed by atoms with E-state index >= 15 is 0 Å². The SMILES string of the molecule is CN1CC2CN(c3ccc(C(=O)Nc4ccc(F)c5ncccc45)c(S(C)(=O)=O)c3)CC2C1. The van der Waals surface area contributed by atoms with Gasteiger partial charge in [-0.05, 0) is 61.3 Å². The average molecular weight is 469 g/mol. The van der Waals surface area contributed by atoms with Gasteiger partial charge in [0.15, 0.2) is 9.84 Å². The number of rotatable bonds is 4. The van der Waals surface area contributed by atoms with Gasteiger partial charge in [-0.15, -0.1) is 0 Å². The van der Waals surface area contributed by atoms with E-state index in [1.165, 1.54) is 18.3 Å². The Bertz CT molecular complexity index is 1350. The number of carbonyl (C=O) groups excluding carboxylic acids is 1. The van der Waals surface area contributed by atoms with Gasteiger partial charge in [0.2, 0.25) is 0 Å². The minimum atomic E-state index is -3.67. The lowest BCUT2D eigenvalue weighted by atomic mass is 10.0. The third-order valence-corrected chi connectivity index (χ3v) is 7.75. The second kappa shape index (κ2) is 8.07. The van der Waals surface area contributed by atoms with Gasteiger partial charge in [-0.25, -0.2) is 12.8 Å². The van der Waals surface area contributed by atoms with Crippen LogP contribution in [0.1, 0.15) is 10.4 Å². The van der Waals surface area contributed by atoms with Crippen LogP contribution < -0.4 is 10.2 Å². The maximum Gasteiger partial charge on any atom is 0.257 e. The minimum Gasteiger partial charge on any atom is -0.371 e. The van der Waals surface area contributed by atoms with Gasteiger partial charge in [-0.2, -0.15) is 0 Å². The lowest BCUT2D eigenvalue weighted by Crippen LogP contribution is -2.27. The zero-order valence-corrected chi connectivity index (χ0v) is 19.3. The van der Waals surface area contributed by atoms with Crippen molar-refractivity contribution < 1.29 is 17.6 Å². The molecule has 1 N–H and O–H groups in total. The van der Waals surface area contributed by atoms with E-state index in [9.17, 15) is 17.6 Å². The van der Waals surface area contributed by atoms with E-state index in [-0.39, 0.29) is 16.0 Å². The monoisotopic (exact) mass is 468 g/mol. The molecule has 7 nitrogen and oxygen atoms in total. The van der Waals surface area contributed by atoms with E-state index in [2.05, 4.69) is 27.1 Å². The highest BCUT2D eigenvalue weighted by Crippen LogP contribution is 2.35. The molecular weight excluding hydrogens is 443 g/mol. The summed E-state index contributed by atoms with van der Waals surface area (Å²) in [6.07, 6.45) is 2.58. The number of fused-ring (bicyclic) bond motifs is 2. The van der Waals surface area contributed by atoms with Gasteiger partial charge in [-0.3, -0.25) is 9.78 Å². The van der Waals surface area contributed by atoms with Crippen LogP contribution in [0.5, 0.6) is 0 Å². The molecule has 2 atom stereocenters. The van der Waals surface area contributed by atoms with Crippen LogP contribution in [0.25, 0.3) is 10.9 Å². The van der Waals surface area contributed by atoms with Crippen molar-refractivity contribution in [3.8, 4) is 0 Å². The van der Waals surface area contributed by atoms with Crippen LogP contribution in [0.2, 0.25) is 0 Å². The van der Waals surface area contributed by atoms with Gasteiger partial charge in [0.25, 0.3) is 5.91 Å². The summed E-state index contributed by atoms with van der Waals surface area (Å²) < 4.78 is 39.3. The van der Waals surface area contributed by atoms with Gasteiger partial charge < -0.3 is 15.1 Å². The van der Waals surface area contributed by atoms with E-state index in [1.54, 1.807) is 30.3 Å². The fourth-order valence-electron chi connectivity index (χ4n) is 5.08. The smallest absolute Gasteiger partial charge is 0.257 e. The Morgan fingerprint density at radius 1 is 1.09 bits per heavy atom. The molecule has 2 unspecified atom stereocenters. The number of nitrogens with one attached hydrogen (secondary N) is 1. The second-order valence-corrected chi connectivity index (χ2v) is 11.0. The molecule has 0 radical (unpaired) electrons. The van der Waals surface area contributed by atoms with Crippen molar-refractivity contribution in [3.05, 3.63) is 60.0 Å². The largest absolute Gasteiger partial charge is 0.371 e. The molecule has 2 aliphatic heterocycles. The summed E-state index contributed by atoms with van der Waals surface area (Å²) >= 11 is 0. The molecule has 2 fully saturated rings. The molecule has 0 spiro atoms. The molecule has 172 valence electrons. The van der Waals surface area contributed by atoms with Crippen molar-refractivity contribution in [3.63, 3.8) is 0 Å². The first-order valence-electron chi connectivity index (χ1n) is 10.8. The van der Waals surface area contributed by atoms with Gasteiger partial charge >= 0.3 is 0 Å². The Kier molecular flexibility index (Phi) is 5.33. The number of benzene rings is 2. The van der Waals surface area contributed by atoms with Crippen LogP contribution >= 0.6 is 0 Å². The van der Waals surface area contributed by atoms with E-state index in [0.29, 0.717) is 22.9 Å². The Morgan fingerprint density at radius 2 is 1.82 bits per heavy atom. The lowest BCUT2D eigenvalue weighted by Gasteiger charge is -2.22. The van der Waals surface area contributed by atoms with Crippen molar-refractivity contribution in [2.75, 3.05) is 49.7 Å². The van der Waals surface area contributed by atoms with E-state index in [4.69, 9.17) is 0 Å². The zero-order valence-electron chi connectivity index (χ0n) is 18.5. The topological polar surface area (TPSA) is 82.6 Å². The van der Waals surface area contributed by atoms with E-state index < -0.39 is 21.6 Å². The van der Waals surface area contributed by atoms with Gasteiger partial charge in [-0.1, -0.05) is 0 Å². The van der Waals surface area contributed by atoms with Gasteiger partial charge in [0.1, 0.15) is 11.3 Å². The predicted molar refractivity (Wildman–Crippen MR) is 126 cm³/mol. The zero-order chi connectivity index (χ0) is 23.3. The maximum atomic E-state index is 14.1. The van der Waals surface area contributed by atoms with Crippen molar-refractivity contribution in [1.82, 2.24) is 9.88 Å². The average Bonchev–Trinajstić information content (AvgIpc) is 3.32. The Labute approximate surface area is 192 Å². The predicted octanol–water partition coefficient (Wildman–Crippen LogP) is 3.03. The normalized spacial score (nSPS) is 20.9. The number of pyridine rings is 1.